The fourth-order valence-corrected chi connectivity index (χ4v) is 2.54. The molecule has 2 aliphatic heterocycles. The van der Waals surface area contributed by atoms with Crippen LogP contribution in [0.15, 0.2) is 18.2 Å². The van der Waals surface area contributed by atoms with Gasteiger partial charge in [0.2, 0.25) is 12.7 Å². The zero-order valence-corrected chi connectivity index (χ0v) is 10.6. The van der Waals surface area contributed by atoms with Crippen molar-refractivity contribution in [3.8, 4) is 17.6 Å². The molecule has 0 N–H and O–H groups in total. The van der Waals surface area contributed by atoms with Gasteiger partial charge in [-0.2, -0.15) is 5.26 Å². The Morgan fingerprint density at radius 3 is 2.95 bits per heavy atom. The first-order valence-electron chi connectivity index (χ1n) is 6.26. The van der Waals surface area contributed by atoms with Crippen LogP contribution in [-0.4, -0.2) is 23.6 Å². The third kappa shape index (κ3) is 1.99. The van der Waals surface area contributed by atoms with Crippen LogP contribution in [0.25, 0.3) is 0 Å². The number of rotatable bonds is 2. The van der Waals surface area contributed by atoms with Gasteiger partial charge >= 0.3 is 0 Å². The summed E-state index contributed by atoms with van der Waals surface area (Å²) in [5.74, 6) is 1.28. The number of hydrogen-bond donors (Lipinski definition) is 0. The molecule has 2 aliphatic rings. The molecule has 2 heterocycles. The lowest BCUT2D eigenvalue weighted by molar-refractivity contribution is -0.129. The van der Waals surface area contributed by atoms with E-state index in [1.54, 1.807) is 4.90 Å². The van der Waals surface area contributed by atoms with Gasteiger partial charge in [0.1, 0.15) is 0 Å². The van der Waals surface area contributed by atoms with Gasteiger partial charge in [-0.1, -0.05) is 6.07 Å². The Balaban J connectivity index is 1.78. The van der Waals surface area contributed by atoms with Crippen molar-refractivity contribution in [3.05, 3.63) is 23.8 Å². The average molecular weight is 258 g/mol. The molecular weight excluding hydrogens is 244 g/mol. The number of ether oxygens (including phenoxy) is 2. The number of benzene rings is 1. The lowest BCUT2D eigenvalue weighted by Crippen LogP contribution is -2.32. The second kappa shape index (κ2) is 4.47. The van der Waals surface area contributed by atoms with E-state index in [2.05, 4.69) is 6.07 Å². The number of nitrogens with zero attached hydrogens (tertiary/aromatic N) is 2. The Morgan fingerprint density at radius 1 is 1.42 bits per heavy atom. The van der Waals surface area contributed by atoms with Crippen molar-refractivity contribution < 1.29 is 14.3 Å². The summed E-state index contributed by atoms with van der Waals surface area (Å²) in [7, 11) is 0. The minimum Gasteiger partial charge on any atom is -0.454 e. The first-order chi connectivity index (χ1) is 9.19. The van der Waals surface area contributed by atoms with Gasteiger partial charge in [0, 0.05) is 19.0 Å². The number of carbonyl (C=O) groups excluding carboxylic acids is 1. The average Bonchev–Trinajstić information content (AvgIpc) is 2.97. The first-order valence-corrected chi connectivity index (χ1v) is 6.26. The monoisotopic (exact) mass is 258 g/mol. The van der Waals surface area contributed by atoms with Crippen molar-refractivity contribution in [2.24, 2.45) is 5.92 Å². The fourth-order valence-electron chi connectivity index (χ4n) is 2.54. The Labute approximate surface area is 111 Å². The van der Waals surface area contributed by atoms with Gasteiger partial charge in [-0.15, -0.1) is 0 Å². The number of amides is 1. The van der Waals surface area contributed by atoms with E-state index in [-0.39, 0.29) is 24.7 Å². The molecule has 0 saturated carbocycles. The van der Waals surface area contributed by atoms with Crippen LogP contribution in [-0.2, 0) is 11.3 Å². The Bertz CT molecular complexity index is 564. The third-order valence-corrected chi connectivity index (χ3v) is 3.74. The Hall–Kier alpha value is -2.22. The Kier molecular flexibility index (Phi) is 2.79. The van der Waals surface area contributed by atoms with Gasteiger partial charge in [0.25, 0.3) is 0 Å². The molecule has 1 aromatic rings. The fraction of sp³-hybridized carbons (Fsp3) is 0.429. The molecular formula is C14H14N2O3. The summed E-state index contributed by atoms with van der Waals surface area (Å²) in [6, 6.07) is 7.82. The zero-order chi connectivity index (χ0) is 13.4. The molecule has 2 atom stereocenters. The van der Waals surface area contributed by atoms with Gasteiger partial charge < -0.3 is 14.4 Å². The van der Waals surface area contributed by atoms with Crippen molar-refractivity contribution in [3.63, 3.8) is 0 Å². The molecule has 2 unspecified atom stereocenters. The molecule has 1 aromatic carbocycles. The maximum Gasteiger partial charge on any atom is 0.231 e. The first kappa shape index (κ1) is 11.8. The molecule has 0 radical (unpaired) electrons. The molecule has 19 heavy (non-hydrogen) atoms. The highest BCUT2D eigenvalue weighted by Crippen LogP contribution is 2.34. The SMILES string of the molecule is CC1C(C#N)CC(=O)N1Cc1ccc2c(c1)OCO2. The predicted octanol–water partition coefficient (Wildman–Crippen LogP) is 1.68. The van der Waals surface area contributed by atoms with Crippen LogP contribution < -0.4 is 9.47 Å². The topological polar surface area (TPSA) is 62.6 Å². The third-order valence-electron chi connectivity index (χ3n) is 3.74. The molecule has 0 bridgehead atoms. The second-order valence-corrected chi connectivity index (χ2v) is 4.89. The molecule has 1 fully saturated rings. The van der Waals surface area contributed by atoms with E-state index < -0.39 is 0 Å². The van der Waals surface area contributed by atoms with Crippen LogP contribution in [0.4, 0.5) is 0 Å². The lowest BCUT2D eigenvalue weighted by atomic mass is 10.0. The largest absolute Gasteiger partial charge is 0.454 e. The summed E-state index contributed by atoms with van der Waals surface area (Å²) in [6.45, 7) is 2.68. The smallest absolute Gasteiger partial charge is 0.231 e. The van der Waals surface area contributed by atoms with E-state index in [1.807, 2.05) is 25.1 Å². The van der Waals surface area contributed by atoms with Crippen LogP contribution in [0.3, 0.4) is 0 Å². The summed E-state index contributed by atoms with van der Waals surface area (Å²) >= 11 is 0. The summed E-state index contributed by atoms with van der Waals surface area (Å²) < 4.78 is 10.6. The second-order valence-electron chi connectivity index (χ2n) is 4.89. The summed E-state index contributed by atoms with van der Waals surface area (Å²) in [5.41, 5.74) is 0.989. The molecule has 1 amide bonds. The van der Waals surface area contributed by atoms with Crippen LogP contribution in [0, 0.1) is 17.2 Å². The summed E-state index contributed by atoms with van der Waals surface area (Å²) in [5, 5.41) is 9.00. The zero-order valence-electron chi connectivity index (χ0n) is 10.6. The molecule has 98 valence electrons. The Morgan fingerprint density at radius 2 is 2.21 bits per heavy atom. The van der Waals surface area contributed by atoms with E-state index in [0.29, 0.717) is 18.7 Å². The predicted molar refractivity (Wildman–Crippen MR) is 66.3 cm³/mol. The summed E-state index contributed by atoms with van der Waals surface area (Å²) in [4.78, 5) is 13.7. The van der Waals surface area contributed by atoms with Crippen molar-refractivity contribution in [1.29, 1.82) is 5.26 Å². The van der Waals surface area contributed by atoms with Gasteiger partial charge in [0.15, 0.2) is 11.5 Å². The van der Waals surface area contributed by atoms with Gasteiger partial charge in [-0.05, 0) is 24.6 Å². The van der Waals surface area contributed by atoms with Crippen LogP contribution >= 0.6 is 0 Å². The van der Waals surface area contributed by atoms with E-state index in [0.717, 1.165) is 11.3 Å². The number of nitriles is 1. The van der Waals surface area contributed by atoms with E-state index in [4.69, 9.17) is 14.7 Å². The van der Waals surface area contributed by atoms with E-state index in [1.165, 1.54) is 0 Å². The van der Waals surface area contributed by atoms with Crippen molar-refractivity contribution in [2.45, 2.75) is 25.9 Å². The highest BCUT2D eigenvalue weighted by Gasteiger charge is 2.36. The van der Waals surface area contributed by atoms with Gasteiger partial charge in [-0.25, -0.2) is 0 Å². The van der Waals surface area contributed by atoms with Crippen LogP contribution in [0.2, 0.25) is 0 Å². The normalized spacial score (nSPS) is 24.6. The number of hydrogen-bond acceptors (Lipinski definition) is 4. The van der Waals surface area contributed by atoms with Crippen LogP contribution in [0.1, 0.15) is 18.9 Å². The van der Waals surface area contributed by atoms with Gasteiger partial charge in [0.05, 0.1) is 12.0 Å². The molecule has 3 rings (SSSR count). The lowest BCUT2D eigenvalue weighted by Gasteiger charge is -2.22. The molecule has 1 saturated heterocycles. The number of fused-ring (bicyclic) bond motifs is 1. The van der Waals surface area contributed by atoms with Gasteiger partial charge in [-0.3, -0.25) is 4.79 Å². The number of likely N-dealkylation sites (tertiary alicyclic amines) is 1. The van der Waals surface area contributed by atoms with Crippen molar-refractivity contribution >= 4 is 5.91 Å². The maximum absolute atomic E-state index is 11.9. The van der Waals surface area contributed by atoms with Crippen molar-refractivity contribution in [1.82, 2.24) is 4.90 Å². The standard InChI is InChI=1S/C14H14N2O3/c1-9-11(6-15)5-14(17)16(9)7-10-2-3-12-13(4-10)19-8-18-12/h2-4,9,11H,5,7-8H2,1H3. The minimum atomic E-state index is -0.207. The van der Waals surface area contributed by atoms with E-state index in [9.17, 15) is 4.79 Å². The highest BCUT2D eigenvalue weighted by molar-refractivity contribution is 5.79. The molecule has 0 aromatic heterocycles. The maximum atomic E-state index is 11.9. The molecule has 0 aliphatic carbocycles. The highest BCUT2D eigenvalue weighted by atomic mass is 16.7. The van der Waals surface area contributed by atoms with E-state index >= 15 is 0 Å². The van der Waals surface area contributed by atoms with Crippen molar-refractivity contribution in [2.75, 3.05) is 6.79 Å². The molecule has 0 spiro atoms. The molecule has 5 heteroatoms. The quantitative estimate of drug-likeness (QED) is 0.809. The van der Waals surface area contributed by atoms with Crippen LogP contribution in [0.5, 0.6) is 11.5 Å². The summed E-state index contributed by atoms with van der Waals surface area (Å²) in [6.07, 6.45) is 0.322. The number of carbonyl (C=O) groups is 1. The molecule has 5 nitrogen and oxygen atoms in total. The minimum absolute atomic E-state index is 0.0386.